The number of carbonyl (C=O) groups excluding carboxylic acids is 1. The molecule has 0 aliphatic carbocycles. The van der Waals surface area contributed by atoms with Gasteiger partial charge in [0, 0.05) is 11.6 Å². The number of hydrogen-bond donors (Lipinski definition) is 3. The summed E-state index contributed by atoms with van der Waals surface area (Å²) in [7, 11) is 0. The van der Waals surface area contributed by atoms with Crippen LogP contribution in [-0.2, 0) is 4.79 Å². The molecular formula is C17H16N6O. The van der Waals surface area contributed by atoms with Gasteiger partial charge in [-0.15, -0.1) is 0 Å². The van der Waals surface area contributed by atoms with Gasteiger partial charge in [0.1, 0.15) is 0 Å². The largest absolute Gasteiger partial charge is 0.397 e. The average Bonchev–Trinajstić information content (AvgIpc) is 3.04. The smallest absolute Gasteiger partial charge is 0.269 e. The Hall–Kier alpha value is -3.48. The van der Waals surface area contributed by atoms with Crippen LogP contribution in [0, 0.1) is 6.92 Å². The number of rotatable bonds is 4. The maximum Gasteiger partial charge on any atom is 0.269 e. The van der Waals surface area contributed by atoms with Crippen molar-refractivity contribution in [1.82, 2.24) is 15.2 Å². The van der Waals surface area contributed by atoms with Crippen LogP contribution in [-0.4, -0.2) is 26.8 Å². The highest BCUT2D eigenvalue weighted by Gasteiger charge is 2.13. The first-order chi connectivity index (χ1) is 11.6. The highest BCUT2D eigenvalue weighted by atomic mass is 16.1. The van der Waals surface area contributed by atoms with Crippen molar-refractivity contribution in [3.05, 3.63) is 59.7 Å². The quantitative estimate of drug-likeness (QED) is 0.634. The van der Waals surface area contributed by atoms with Gasteiger partial charge in [-0.2, -0.15) is 5.10 Å². The summed E-state index contributed by atoms with van der Waals surface area (Å²) in [6.07, 6.45) is 6.54. The third-order valence-electron chi connectivity index (χ3n) is 3.58. The van der Waals surface area contributed by atoms with E-state index in [0.29, 0.717) is 5.69 Å². The zero-order valence-electron chi connectivity index (χ0n) is 13.0. The van der Waals surface area contributed by atoms with Crippen LogP contribution in [0.3, 0.4) is 0 Å². The minimum absolute atomic E-state index is 0.0112. The van der Waals surface area contributed by atoms with E-state index in [4.69, 9.17) is 11.5 Å². The number of fused-ring (bicyclic) bond motifs is 1. The zero-order chi connectivity index (χ0) is 17.1. The molecule has 24 heavy (non-hydrogen) atoms. The second-order valence-electron chi connectivity index (χ2n) is 5.26. The fraction of sp³-hybridized carbons (Fsp3) is 0.0588. The Balaban J connectivity index is 2.10. The molecule has 0 bridgehead atoms. The summed E-state index contributed by atoms with van der Waals surface area (Å²) in [6, 6.07) is 7.31. The fourth-order valence-electron chi connectivity index (χ4n) is 2.37. The van der Waals surface area contributed by atoms with Crippen LogP contribution in [0.1, 0.15) is 11.1 Å². The van der Waals surface area contributed by atoms with Gasteiger partial charge in [0.25, 0.3) is 5.91 Å². The van der Waals surface area contributed by atoms with Crippen LogP contribution >= 0.6 is 0 Å². The number of aryl methyl sites for hydroxylation is 1. The van der Waals surface area contributed by atoms with Crippen molar-refractivity contribution in [2.24, 2.45) is 16.5 Å². The molecule has 120 valence electrons. The van der Waals surface area contributed by atoms with E-state index in [1.807, 2.05) is 19.1 Å². The second kappa shape index (κ2) is 6.33. The van der Waals surface area contributed by atoms with Crippen LogP contribution in [0.4, 0.5) is 5.69 Å². The monoisotopic (exact) mass is 320 g/mol. The number of benzene rings is 1. The molecule has 0 atom stereocenters. The molecule has 0 aliphatic rings. The van der Waals surface area contributed by atoms with Crippen molar-refractivity contribution in [2.45, 2.75) is 6.92 Å². The maximum atomic E-state index is 11.8. The van der Waals surface area contributed by atoms with Crippen LogP contribution in [0.2, 0.25) is 0 Å². The lowest BCUT2D eigenvalue weighted by atomic mass is 10.0. The number of aliphatic imine (C=N–C) groups is 1. The molecule has 2 aromatic heterocycles. The molecule has 7 nitrogen and oxygen atoms in total. The first-order valence-electron chi connectivity index (χ1n) is 7.25. The van der Waals surface area contributed by atoms with Gasteiger partial charge in [0.15, 0.2) is 5.71 Å². The number of aromatic amines is 1. The average molecular weight is 320 g/mol. The van der Waals surface area contributed by atoms with Crippen molar-refractivity contribution in [3.8, 4) is 0 Å². The third kappa shape index (κ3) is 3.00. The summed E-state index contributed by atoms with van der Waals surface area (Å²) in [5.41, 5.74) is 15.0. The Kier molecular flexibility index (Phi) is 4.07. The molecular weight excluding hydrogens is 304 g/mol. The van der Waals surface area contributed by atoms with Crippen LogP contribution in [0.15, 0.2) is 53.5 Å². The Morgan fingerprint density at radius 1 is 1.25 bits per heavy atom. The molecule has 0 saturated carbocycles. The molecule has 5 N–H and O–H groups in total. The molecule has 0 aliphatic heterocycles. The lowest BCUT2D eigenvalue weighted by Gasteiger charge is -2.06. The highest BCUT2D eigenvalue weighted by Crippen LogP contribution is 2.23. The lowest BCUT2D eigenvalue weighted by molar-refractivity contribution is -0.111. The predicted molar refractivity (Wildman–Crippen MR) is 93.5 cm³/mol. The molecule has 1 amide bonds. The van der Waals surface area contributed by atoms with Gasteiger partial charge in [-0.1, -0.05) is 6.07 Å². The Labute approximate surface area is 138 Å². The van der Waals surface area contributed by atoms with Crippen molar-refractivity contribution in [1.29, 1.82) is 0 Å². The number of nitrogens with zero attached hydrogens (tertiary/aromatic N) is 3. The van der Waals surface area contributed by atoms with Crippen LogP contribution < -0.4 is 11.5 Å². The molecule has 3 rings (SSSR count). The number of primary amides is 1. The van der Waals surface area contributed by atoms with E-state index in [-0.39, 0.29) is 11.4 Å². The summed E-state index contributed by atoms with van der Waals surface area (Å²) in [6.45, 7) is 1.95. The van der Waals surface area contributed by atoms with E-state index in [1.165, 1.54) is 6.20 Å². The number of nitrogens with one attached hydrogen (secondary N) is 1. The molecule has 3 aromatic rings. The minimum atomic E-state index is -0.704. The van der Waals surface area contributed by atoms with Gasteiger partial charge in [-0.3, -0.25) is 14.9 Å². The van der Waals surface area contributed by atoms with Gasteiger partial charge in [0.05, 0.1) is 29.3 Å². The first kappa shape index (κ1) is 15.4. The summed E-state index contributed by atoms with van der Waals surface area (Å²) in [5.74, 6) is -0.704. The Bertz CT molecular complexity index is 956. The van der Waals surface area contributed by atoms with E-state index in [0.717, 1.165) is 22.0 Å². The second-order valence-corrected chi connectivity index (χ2v) is 5.26. The molecule has 0 saturated heterocycles. The topological polar surface area (TPSA) is 123 Å². The number of aromatic nitrogens is 3. The standard InChI is InChI=1S/C17H16N6O/c1-10-4-5-15-13(9-21-23-15)12(10)7-14(18)16(17(19)24)22-11-3-2-6-20-8-11/h2-9H,18H2,1H3,(H2,19,24)(H,21,23)/b14-7-,22-16?. The normalized spacial score (nSPS) is 12.5. The molecule has 7 heteroatoms. The van der Waals surface area contributed by atoms with Gasteiger partial charge in [0.2, 0.25) is 0 Å². The van der Waals surface area contributed by atoms with E-state index in [1.54, 1.807) is 30.6 Å². The summed E-state index contributed by atoms with van der Waals surface area (Å²) >= 11 is 0. The summed E-state index contributed by atoms with van der Waals surface area (Å²) in [4.78, 5) is 19.9. The van der Waals surface area contributed by atoms with Crippen molar-refractivity contribution >= 4 is 34.3 Å². The molecule has 0 unspecified atom stereocenters. The molecule has 0 radical (unpaired) electrons. The van der Waals surface area contributed by atoms with Crippen molar-refractivity contribution < 1.29 is 4.79 Å². The Morgan fingerprint density at radius 3 is 2.79 bits per heavy atom. The van der Waals surface area contributed by atoms with Gasteiger partial charge < -0.3 is 11.5 Å². The van der Waals surface area contributed by atoms with Crippen molar-refractivity contribution in [3.63, 3.8) is 0 Å². The van der Waals surface area contributed by atoms with E-state index < -0.39 is 5.91 Å². The highest BCUT2D eigenvalue weighted by molar-refractivity contribution is 6.45. The number of H-pyrrole nitrogens is 1. The number of hydrogen-bond acceptors (Lipinski definition) is 5. The molecule has 0 fully saturated rings. The van der Waals surface area contributed by atoms with E-state index in [9.17, 15) is 4.79 Å². The number of amides is 1. The summed E-state index contributed by atoms with van der Waals surface area (Å²) in [5, 5.41) is 7.84. The first-order valence-corrected chi connectivity index (χ1v) is 7.25. The number of carbonyl (C=O) groups is 1. The number of nitrogens with two attached hydrogens (primary N) is 2. The summed E-state index contributed by atoms with van der Waals surface area (Å²) < 4.78 is 0. The van der Waals surface area contributed by atoms with E-state index >= 15 is 0 Å². The maximum absolute atomic E-state index is 11.8. The zero-order valence-corrected chi connectivity index (χ0v) is 13.0. The minimum Gasteiger partial charge on any atom is -0.397 e. The van der Waals surface area contributed by atoms with Crippen LogP contribution in [0.5, 0.6) is 0 Å². The SMILES string of the molecule is Cc1ccc2[nH]ncc2c1/C=C(\N)C(=Nc1cccnc1)C(N)=O. The molecule has 1 aromatic carbocycles. The Morgan fingerprint density at radius 2 is 2.08 bits per heavy atom. The third-order valence-corrected chi connectivity index (χ3v) is 3.58. The van der Waals surface area contributed by atoms with E-state index in [2.05, 4.69) is 20.2 Å². The predicted octanol–water partition coefficient (Wildman–Crippen LogP) is 1.82. The molecule has 0 spiro atoms. The lowest BCUT2D eigenvalue weighted by Crippen LogP contribution is -2.28. The fourth-order valence-corrected chi connectivity index (χ4v) is 2.37. The van der Waals surface area contributed by atoms with Crippen LogP contribution in [0.25, 0.3) is 17.0 Å². The van der Waals surface area contributed by atoms with Gasteiger partial charge in [-0.05, 0) is 42.3 Å². The molecule has 2 heterocycles. The van der Waals surface area contributed by atoms with Gasteiger partial charge in [-0.25, -0.2) is 4.99 Å². The van der Waals surface area contributed by atoms with Gasteiger partial charge >= 0.3 is 0 Å². The number of pyridine rings is 1. The van der Waals surface area contributed by atoms with Crippen molar-refractivity contribution in [2.75, 3.05) is 0 Å².